The van der Waals surface area contributed by atoms with Crippen LogP contribution in [0.15, 0.2) is 66.7 Å². The molecule has 0 aliphatic carbocycles. The third kappa shape index (κ3) is 5.19. The first-order chi connectivity index (χ1) is 13.1. The van der Waals surface area contributed by atoms with Gasteiger partial charge in [-0.25, -0.2) is 0 Å². The molecule has 0 radical (unpaired) electrons. The van der Waals surface area contributed by atoms with Crippen LogP contribution in [0.1, 0.15) is 0 Å². The molecule has 3 nitrogen and oxygen atoms in total. The molecule has 0 N–H and O–H groups in total. The maximum Gasteiger partial charge on any atom is 0.534 e. The molecule has 3 rings (SSSR count). The fourth-order valence-electron chi connectivity index (χ4n) is 2.55. The quantitative estimate of drug-likeness (QED) is 0.309. The van der Waals surface area contributed by atoms with Crippen molar-refractivity contribution < 1.29 is 25.8 Å². The maximum atomic E-state index is 12.8. The number of hydrogen-bond acceptors (Lipinski definition) is 3. The van der Waals surface area contributed by atoms with Crippen molar-refractivity contribution in [3.05, 3.63) is 76.8 Å². The SMILES string of the molecule is O=S(=O)(Oc1cccc(-c2ccc(Cl)cc2)c1-c1ccc(Cl)cc1)C(F)(F)F.S. The van der Waals surface area contributed by atoms with Crippen LogP contribution in [0.4, 0.5) is 13.2 Å². The van der Waals surface area contributed by atoms with Gasteiger partial charge in [0.25, 0.3) is 0 Å². The van der Waals surface area contributed by atoms with Crippen LogP contribution in [-0.2, 0) is 10.1 Å². The van der Waals surface area contributed by atoms with Gasteiger partial charge in [-0.1, -0.05) is 59.6 Å². The van der Waals surface area contributed by atoms with Crippen LogP contribution < -0.4 is 4.18 Å². The maximum absolute atomic E-state index is 12.8. The highest BCUT2D eigenvalue weighted by Gasteiger charge is 2.48. The molecular weight excluding hydrogens is 468 g/mol. The predicted molar refractivity (Wildman–Crippen MR) is 113 cm³/mol. The Labute approximate surface area is 182 Å². The Morgan fingerprint density at radius 2 is 1.24 bits per heavy atom. The molecule has 0 spiro atoms. The van der Waals surface area contributed by atoms with Crippen molar-refractivity contribution in [1.29, 1.82) is 0 Å². The van der Waals surface area contributed by atoms with E-state index in [-0.39, 0.29) is 19.1 Å². The van der Waals surface area contributed by atoms with Crippen LogP contribution in [0, 0.1) is 0 Å². The highest BCUT2D eigenvalue weighted by atomic mass is 35.5. The third-order valence-corrected chi connectivity index (χ3v) is 5.27. The van der Waals surface area contributed by atoms with E-state index in [0.717, 1.165) is 6.07 Å². The summed E-state index contributed by atoms with van der Waals surface area (Å²) < 4.78 is 66.1. The Morgan fingerprint density at radius 1 is 0.759 bits per heavy atom. The van der Waals surface area contributed by atoms with Gasteiger partial charge in [-0.05, 0) is 47.0 Å². The van der Waals surface area contributed by atoms with E-state index < -0.39 is 21.4 Å². The number of benzene rings is 3. The largest absolute Gasteiger partial charge is 0.534 e. The highest BCUT2D eigenvalue weighted by Crippen LogP contribution is 2.41. The molecular formula is C19H13Cl2F3O3S2. The number of halogens is 5. The van der Waals surface area contributed by atoms with E-state index in [1.54, 1.807) is 42.5 Å². The van der Waals surface area contributed by atoms with Crippen LogP contribution in [0.5, 0.6) is 5.75 Å². The van der Waals surface area contributed by atoms with Gasteiger partial charge < -0.3 is 4.18 Å². The molecule has 0 saturated carbocycles. The van der Waals surface area contributed by atoms with Crippen molar-refractivity contribution >= 4 is 46.8 Å². The van der Waals surface area contributed by atoms with Crippen molar-refractivity contribution in [3.8, 4) is 28.0 Å². The zero-order valence-electron chi connectivity index (χ0n) is 14.4. The Morgan fingerprint density at radius 3 is 1.72 bits per heavy atom. The molecule has 0 amide bonds. The number of alkyl halides is 3. The fraction of sp³-hybridized carbons (Fsp3) is 0.0526. The minimum absolute atomic E-state index is 0. The van der Waals surface area contributed by atoms with Gasteiger partial charge in [0.2, 0.25) is 0 Å². The highest BCUT2D eigenvalue weighted by molar-refractivity contribution is 7.88. The smallest absolute Gasteiger partial charge is 0.375 e. The second-order valence-corrected chi connectivity index (χ2v) is 8.09. The average Bonchev–Trinajstić information content (AvgIpc) is 2.62. The normalized spacial score (nSPS) is 11.6. The van der Waals surface area contributed by atoms with Crippen molar-refractivity contribution in [1.82, 2.24) is 0 Å². The molecule has 0 aliphatic heterocycles. The number of hydrogen-bond donors (Lipinski definition) is 0. The molecule has 154 valence electrons. The van der Waals surface area contributed by atoms with E-state index in [1.165, 1.54) is 18.2 Å². The molecule has 29 heavy (non-hydrogen) atoms. The van der Waals surface area contributed by atoms with Crippen molar-refractivity contribution in [2.75, 3.05) is 0 Å². The van der Waals surface area contributed by atoms with E-state index in [4.69, 9.17) is 23.2 Å². The van der Waals surface area contributed by atoms with Crippen LogP contribution in [0.3, 0.4) is 0 Å². The third-order valence-electron chi connectivity index (χ3n) is 3.80. The van der Waals surface area contributed by atoms with E-state index >= 15 is 0 Å². The standard InChI is InChI=1S/C19H11Cl2F3O3S.H2S/c20-14-8-4-12(5-9-14)16-2-1-3-17(27-28(25,26)19(22,23)24)18(16)13-6-10-15(21)11-7-13;/h1-11H;1H2. The summed E-state index contributed by atoms with van der Waals surface area (Å²) in [6.07, 6.45) is 0. The van der Waals surface area contributed by atoms with Gasteiger partial charge >= 0.3 is 15.6 Å². The molecule has 3 aromatic carbocycles. The Bertz CT molecular complexity index is 1100. The zero-order valence-corrected chi connectivity index (χ0v) is 17.7. The molecule has 0 atom stereocenters. The van der Waals surface area contributed by atoms with Gasteiger partial charge in [-0.15, -0.1) is 0 Å². The van der Waals surface area contributed by atoms with Crippen molar-refractivity contribution in [2.45, 2.75) is 5.51 Å². The summed E-state index contributed by atoms with van der Waals surface area (Å²) in [6.45, 7) is 0. The minimum atomic E-state index is -5.84. The summed E-state index contributed by atoms with van der Waals surface area (Å²) in [5, 5.41) is 0.891. The molecule has 0 aliphatic rings. The monoisotopic (exact) mass is 480 g/mol. The van der Waals surface area contributed by atoms with E-state index in [0.29, 0.717) is 26.7 Å². The average molecular weight is 481 g/mol. The molecule has 10 heteroatoms. The lowest BCUT2D eigenvalue weighted by Crippen LogP contribution is -2.28. The molecule has 0 saturated heterocycles. The minimum Gasteiger partial charge on any atom is -0.375 e. The van der Waals surface area contributed by atoms with E-state index in [9.17, 15) is 21.6 Å². The van der Waals surface area contributed by atoms with Crippen LogP contribution in [-0.4, -0.2) is 13.9 Å². The lowest BCUT2D eigenvalue weighted by molar-refractivity contribution is -0.0499. The van der Waals surface area contributed by atoms with Gasteiger partial charge in [-0.2, -0.15) is 35.1 Å². The van der Waals surface area contributed by atoms with Gasteiger partial charge in [0.15, 0.2) is 5.75 Å². The molecule has 0 bridgehead atoms. The first-order valence-electron chi connectivity index (χ1n) is 7.74. The summed E-state index contributed by atoms with van der Waals surface area (Å²) in [6, 6.07) is 17.0. The van der Waals surface area contributed by atoms with Gasteiger partial charge in [0.05, 0.1) is 0 Å². The summed E-state index contributed by atoms with van der Waals surface area (Å²) in [5.74, 6) is -0.452. The lowest BCUT2D eigenvalue weighted by atomic mass is 9.94. The van der Waals surface area contributed by atoms with E-state index in [1.807, 2.05) is 0 Å². The van der Waals surface area contributed by atoms with E-state index in [2.05, 4.69) is 4.18 Å². The zero-order chi connectivity index (χ0) is 20.5. The molecule has 0 aromatic heterocycles. The van der Waals surface area contributed by atoms with Gasteiger partial charge in [0, 0.05) is 15.6 Å². The second-order valence-electron chi connectivity index (χ2n) is 5.68. The molecule has 0 fully saturated rings. The first kappa shape index (κ1) is 23.4. The Hall–Kier alpha value is -1.87. The number of rotatable bonds is 4. The molecule has 0 unspecified atom stereocenters. The van der Waals surface area contributed by atoms with Crippen molar-refractivity contribution in [3.63, 3.8) is 0 Å². The Kier molecular flexibility index (Phi) is 7.16. The first-order valence-corrected chi connectivity index (χ1v) is 9.90. The predicted octanol–water partition coefficient (Wildman–Crippen LogP) is 6.67. The van der Waals surface area contributed by atoms with Crippen LogP contribution in [0.25, 0.3) is 22.3 Å². The van der Waals surface area contributed by atoms with Crippen LogP contribution >= 0.6 is 36.7 Å². The molecule has 0 heterocycles. The lowest BCUT2D eigenvalue weighted by Gasteiger charge is -2.17. The van der Waals surface area contributed by atoms with Gasteiger partial charge in [0.1, 0.15) is 0 Å². The topological polar surface area (TPSA) is 43.4 Å². The summed E-state index contributed by atoms with van der Waals surface area (Å²) in [5.41, 5.74) is -3.87. The van der Waals surface area contributed by atoms with Crippen molar-refractivity contribution in [2.24, 2.45) is 0 Å². The van der Waals surface area contributed by atoms with Crippen LogP contribution in [0.2, 0.25) is 10.0 Å². The Balaban J connectivity index is 0.00000300. The van der Waals surface area contributed by atoms with Gasteiger partial charge in [-0.3, -0.25) is 0 Å². The molecule has 3 aromatic rings. The summed E-state index contributed by atoms with van der Waals surface area (Å²) in [7, 11) is -5.84. The summed E-state index contributed by atoms with van der Waals surface area (Å²) >= 11 is 11.8. The summed E-state index contributed by atoms with van der Waals surface area (Å²) in [4.78, 5) is 0. The fourth-order valence-corrected chi connectivity index (χ4v) is 3.27. The second kappa shape index (κ2) is 8.87.